The van der Waals surface area contributed by atoms with E-state index in [1.54, 1.807) is 12.1 Å². The van der Waals surface area contributed by atoms with E-state index in [9.17, 15) is 13.2 Å². The number of carbonyl (C=O) groups is 1. The molecule has 2 N–H and O–H groups in total. The molecule has 0 spiro atoms. The van der Waals surface area contributed by atoms with E-state index in [1.807, 2.05) is 24.3 Å². The van der Waals surface area contributed by atoms with Gasteiger partial charge < -0.3 is 10.1 Å². The van der Waals surface area contributed by atoms with Gasteiger partial charge >= 0.3 is 0 Å². The summed E-state index contributed by atoms with van der Waals surface area (Å²) in [4.78, 5) is 12.8. The lowest BCUT2D eigenvalue weighted by molar-refractivity contribution is -0.115. The molecule has 1 heterocycles. The van der Waals surface area contributed by atoms with Gasteiger partial charge in [0.2, 0.25) is 15.9 Å². The molecule has 174 valence electrons. The van der Waals surface area contributed by atoms with Crippen LogP contribution in [0, 0.1) is 0 Å². The fourth-order valence-corrected chi connectivity index (χ4v) is 5.41. The number of morpholine rings is 1. The highest BCUT2D eigenvalue weighted by Gasteiger charge is 2.29. The van der Waals surface area contributed by atoms with Gasteiger partial charge in [0, 0.05) is 29.3 Å². The number of nitrogens with one attached hydrogen (secondary N) is 2. The van der Waals surface area contributed by atoms with Crippen molar-refractivity contribution in [2.24, 2.45) is 0 Å². The summed E-state index contributed by atoms with van der Waals surface area (Å²) in [5.74, 6) is -0.200. The van der Waals surface area contributed by atoms with Crippen molar-refractivity contribution in [2.75, 3.05) is 38.2 Å². The largest absolute Gasteiger partial charge is 0.379 e. The summed E-state index contributed by atoms with van der Waals surface area (Å²) >= 11 is 6.02. The van der Waals surface area contributed by atoms with Gasteiger partial charge in [-0.3, -0.25) is 10.1 Å². The molecule has 9 heteroatoms. The highest BCUT2D eigenvalue weighted by atomic mass is 35.5. The molecule has 0 atom stereocenters. The Bertz CT molecular complexity index is 1000. The molecule has 1 saturated heterocycles. The van der Waals surface area contributed by atoms with E-state index < -0.39 is 10.0 Å². The zero-order valence-electron chi connectivity index (χ0n) is 18.4. The molecular weight excluding hydrogens is 450 g/mol. The first-order valence-electron chi connectivity index (χ1n) is 10.8. The fourth-order valence-electron chi connectivity index (χ4n) is 3.88. The molecule has 0 saturated carbocycles. The Labute approximate surface area is 195 Å². The molecule has 0 unspecified atom stereocenters. The minimum atomic E-state index is -3.56. The molecule has 1 amide bonds. The molecular formula is C23H30ClN3O4S. The number of hydrogen-bond donors (Lipinski definition) is 2. The maximum absolute atomic E-state index is 12.7. The molecule has 0 aromatic heterocycles. The first-order valence-corrected chi connectivity index (χ1v) is 12.6. The number of benzene rings is 2. The van der Waals surface area contributed by atoms with Gasteiger partial charge in [0.05, 0.1) is 24.7 Å². The highest BCUT2D eigenvalue weighted by molar-refractivity contribution is 7.89. The summed E-state index contributed by atoms with van der Waals surface area (Å²) in [6, 6.07) is 13.9. The van der Waals surface area contributed by atoms with Crippen LogP contribution in [0.2, 0.25) is 5.02 Å². The minimum Gasteiger partial charge on any atom is -0.379 e. The highest BCUT2D eigenvalue weighted by Crippen LogP contribution is 2.29. The summed E-state index contributed by atoms with van der Waals surface area (Å²) in [5.41, 5.74) is 1.29. The van der Waals surface area contributed by atoms with Crippen molar-refractivity contribution in [3.63, 3.8) is 0 Å². The number of amides is 1. The summed E-state index contributed by atoms with van der Waals surface area (Å²) < 4.78 is 32.1. The van der Waals surface area contributed by atoms with Crippen molar-refractivity contribution in [3.05, 3.63) is 59.1 Å². The van der Waals surface area contributed by atoms with Crippen LogP contribution in [0.5, 0.6) is 0 Å². The van der Waals surface area contributed by atoms with Gasteiger partial charge in [-0.2, -0.15) is 4.31 Å². The number of sulfonamides is 1. The van der Waals surface area contributed by atoms with E-state index in [0.29, 0.717) is 37.0 Å². The van der Waals surface area contributed by atoms with Crippen LogP contribution in [0.4, 0.5) is 5.69 Å². The number of hydrogen-bond acceptors (Lipinski definition) is 5. The normalized spacial score (nSPS) is 15.5. The number of nitrogens with zero attached hydrogens (tertiary/aromatic N) is 1. The summed E-state index contributed by atoms with van der Waals surface area (Å²) in [6.07, 6.45) is 1.62. The zero-order valence-corrected chi connectivity index (χ0v) is 20.0. The number of rotatable bonds is 9. The molecule has 1 fully saturated rings. The molecule has 1 aliphatic rings. The lowest BCUT2D eigenvalue weighted by Gasteiger charge is -2.33. The van der Waals surface area contributed by atoms with Crippen LogP contribution in [0.3, 0.4) is 0 Å². The summed E-state index contributed by atoms with van der Waals surface area (Å²) in [6.45, 7) is 5.76. The molecule has 0 aliphatic carbocycles. The van der Waals surface area contributed by atoms with Crippen LogP contribution in [-0.4, -0.2) is 51.5 Å². The summed E-state index contributed by atoms with van der Waals surface area (Å²) in [7, 11) is -3.56. The van der Waals surface area contributed by atoms with E-state index in [4.69, 9.17) is 16.3 Å². The van der Waals surface area contributed by atoms with Crippen LogP contribution in [-0.2, 0) is 25.1 Å². The van der Waals surface area contributed by atoms with Crippen LogP contribution in [0.25, 0.3) is 0 Å². The van der Waals surface area contributed by atoms with Gasteiger partial charge in [0.1, 0.15) is 0 Å². The molecule has 2 aromatic carbocycles. The molecule has 7 nitrogen and oxygen atoms in total. The number of anilines is 1. The SMILES string of the molecule is CCC(CC)(NCC(=O)Nc1ccc(S(=O)(=O)N2CCOCC2)cc1)c1ccc(Cl)cc1. The van der Waals surface area contributed by atoms with Crippen molar-refractivity contribution >= 4 is 33.2 Å². The van der Waals surface area contributed by atoms with Gasteiger partial charge in [-0.15, -0.1) is 0 Å². The van der Waals surface area contributed by atoms with Gasteiger partial charge in [0.15, 0.2) is 0 Å². The van der Waals surface area contributed by atoms with Crippen molar-refractivity contribution in [1.82, 2.24) is 9.62 Å². The van der Waals surface area contributed by atoms with Crippen molar-refractivity contribution in [3.8, 4) is 0 Å². The predicted molar refractivity (Wildman–Crippen MR) is 126 cm³/mol. The molecule has 0 bridgehead atoms. The summed E-state index contributed by atoms with van der Waals surface area (Å²) in [5, 5.41) is 6.90. The lowest BCUT2D eigenvalue weighted by Crippen LogP contribution is -2.45. The average Bonchev–Trinajstić information content (AvgIpc) is 2.82. The maximum Gasteiger partial charge on any atom is 0.243 e. The van der Waals surface area contributed by atoms with Gasteiger partial charge in [-0.25, -0.2) is 8.42 Å². The van der Waals surface area contributed by atoms with Crippen molar-refractivity contribution in [2.45, 2.75) is 37.1 Å². The van der Waals surface area contributed by atoms with Crippen LogP contribution in [0.15, 0.2) is 53.4 Å². The average molecular weight is 480 g/mol. The number of halogens is 1. The quantitative estimate of drug-likeness (QED) is 0.573. The Morgan fingerprint density at radius 1 is 1.03 bits per heavy atom. The van der Waals surface area contributed by atoms with E-state index in [-0.39, 0.29) is 22.9 Å². The van der Waals surface area contributed by atoms with E-state index in [2.05, 4.69) is 24.5 Å². The lowest BCUT2D eigenvalue weighted by atomic mass is 9.84. The second kappa shape index (κ2) is 10.8. The van der Waals surface area contributed by atoms with Crippen molar-refractivity contribution in [1.29, 1.82) is 0 Å². The van der Waals surface area contributed by atoms with Gasteiger partial charge in [-0.1, -0.05) is 37.6 Å². The molecule has 3 rings (SSSR count). The Morgan fingerprint density at radius 3 is 2.19 bits per heavy atom. The molecule has 32 heavy (non-hydrogen) atoms. The second-order valence-electron chi connectivity index (χ2n) is 7.74. The van der Waals surface area contributed by atoms with Crippen LogP contribution in [0.1, 0.15) is 32.3 Å². The zero-order chi connectivity index (χ0) is 23.2. The van der Waals surface area contributed by atoms with E-state index in [1.165, 1.54) is 16.4 Å². The third-order valence-corrected chi connectivity index (χ3v) is 8.10. The first-order chi connectivity index (χ1) is 15.3. The topological polar surface area (TPSA) is 87.7 Å². The second-order valence-corrected chi connectivity index (χ2v) is 10.1. The Balaban J connectivity index is 1.62. The van der Waals surface area contributed by atoms with E-state index in [0.717, 1.165) is 18.4 Å². The third-order valence-electron chi connectivity index (χ3n) is 5.94. The molecule has 1 aliphatic heterocycles. The van der Waals surface area contributed by atoms with Gasteiger partial charge in [-0.05, 0) is 54.8 Å². The minimum absolute atomic E-state index is 0.123. The Hall–Kier alpha value is -1.97. The predicted octanol–water partition coefficient (Wildman–Crippen LogP) is 3.60. The fraction of sp³-hybridized carbons (Fsp3) is 0.435. The van der Waals surface area contributed by atoms with Crippen molar-refractivity contribution < 1.29 is 17.9 Å². The molecule has 0 radical (unpaired) electrons. The maximum atomic E-state index is 12.7. The third kappa shape index (κ3) is 5.68. The van der Waals surface area contributed by atoms with Crippen LogP contribution < -0.4 is 10.6 Å². The van der Waals surface area contributed by atoms with Crippen LogP contribution >= 0.6 is 11.6 Å². The Morgan fingerprint density at radius 2 is 1.62 bits per heavy atom. The first kappa shape index (κ1) is 24.7. The standard InChI is InChI=1S/C23H30ClN3O4S/c1-3-23(4-2,18-5-7-19(24)8-6-18)25-17-22(28)26-20-9-11-21(12-10-20)32(29,30)27-13-15-31-16-14-27/h5-12,25H,3-4,13-17H2,1-2H3,(H,26,28). The smallest absolute Gasteiger partial charge is 0.243 e. The monoisotopic (exact) mass is 479 g/mol. The van der Waals surface area contributed by atoms with Gasteiger partial charge in [0.25, 0.3) is 0 Å². The van der Waals surface area contributed by atoms with E-state index >= 15 is 0 Å². The number of ether oxygens (including phenoxy) is 1. The number of carbonyl (C=O) groups excluding carboxylic acids is 1. The molecule has 2 aromatic rings. The Kier molecular flexibility index (Phi) is 8.30.